The predicted octanol–water partition coefficient (Wildman–Crippen LogP) is 3.64. The molecule has 1 aromatic carbocycles. The Morgan fingerprint density at radius 3 is 2.47 bits per heavy atom. The van der Waals surface area contributed by atoms with Crippen LogP contribution in [-0.4, -0.2) is 16.0 Å². The number of ketones is 1. The van der Waals surface area contributed by atoms with Gasteiger partial charge in [-0.15, -0.1) is 0 Å². The average molecular weight is 236 g/mol. The van der Waals surface area contributed by atoms with Crippen molar-refractivity contribution in [2.75, 3.05) is 0 Å². The van der Waals surface area contributed by atoms with Gasteiger partial charge in [-0.05, 0) is 18.6 Å². The normalized spacial score (nSPS) is 10.4. The zero-order valence-corrected chi connectivity index (χ0v) is 10.3. The molecule has 0 saturated carbocycles. The van der Waals surface area contributed by atoms with Crippen molar-refractivity contribution in [3.8, 4) is 11.5 Å². The molecule has 1 rings (SSSR count). The summed E-state index contributed by atoms with van der Waals surface area (Å²) >= 11 is 0. The molecule has 0 aliphatic carbocycles. The van der Waals surface area contributed by atoms with Crippen LogP contribution in [0.1, 0.15) is 55.8 Å². The van der Waals surface area contributed by atoms with Crippen molar-refractivity contribution >= 4 is 5.78 Å². The van der Waals surface area contributed by atoms with E-state index in [9.17, 15) is 9.90 Å². The summed E-state index contributed by atoms with van der Waals surface area (Å²) in [5.41, 5.74) is 0.304. The Kier molecular flexibility index (Phi) is 5.53. The molecule has 2 N–H and O–H groups in total. The fourth-order valence-corrected chi connectivity index (χ4v) is 1.78. The van der Waals surface area contributed by atoms with Gasteiger partial charge in [-0.3, -0.25) is 4.79 Å². The fourth-order valence-electron chi connectivity index (χ4n) is 1.78. The van der Waals surface area contributed by atoms with E-state index in [1.807, 2.05) is 0 Å². The van der Waals surface area contributed by atoms with Crippen LogP contribution in [0, 0.1) is 0 Å². The predicted molar refractivity (Wildman–Crippen MR) is 67.5 cm³/mol. The molecule has 17 heavy (non-hydrogen) atoms. The lowest BCUT2D eigenvalue weighted by Gasteiger charge is -2.04. The quantitative estimate of drug-likeness (QED) is 0.561. The largest absolute Gasteiger partial charge is 0.508 e. The lowest BCUT2D eigenvalue weighted by Crippen LogP contribution is -1.99. The number of benzene rings is 1. The third-order valence-corrected chi connectivity index (χ3v) is 2.79. The molecule has 0 spiro atoms. The smallest absolute Gasteiger partial charge is 0.166 e. The molecule has 0 unspecified atom stereocenters. The van der Waals surface area contributed by atoms with E-state index in [1.54, 1.807) is 0 Å². The standard InChI is InChI=1S/C14H20O3/c1-2-3-4-5-6-7-13(16)12-9-8-11(15)10-14(12)17/h8-10,15,17H,2-7H2,1H3. The van der Waals surface area contributed by atoms with Crippen LogP contribution in [0.3, 0.4) is 0 Å². The van der Waals surface area contributed by atoms with Crippen molar-refractivity contribution in [3.05, 3.63) is 23.8 Å². The number of phenols is 2. The number of aromatic hydroxyl groups is 2. The van der Waals surface area contributed by atoms with Crippen LogP contribution in [0.15, 0.2) is 18.2 Å². The van der Waals surface area contributed by atoms with Gasteiger partial charge in [0.05, 0.1) is 5.56 Å². The summed E-state index contributed by atoms with van der Waals surface area (Å²) in [6.45, 7) is 2.15. The molecule has 0 heterocycles. The highest BCUT2D eigenvalue weighted by Gasteiger charge is 2.10. The summed E-state index contributed by atoms with van der Waals surface area (Å²) in [7, 11) is 0. The van der Waals surface area contributed by atoms with Crippen LogP contribution >= 0.6 is 0 Å². The van der Waals surface area contributed by atoms with Gasteiger partial charge < -0.3 is 10.2 Å². The number of unbranched alkanes of at least 4 members (excludes halogenated alkanes) is 4. The lowest BCUT2D eigenvalue weighted by molar-refractivity contribution is 0.0976. The summed E-state index contributed by atoms with van der Waals surface area (Å²) in [6.07, 6.45) is 5.93. The second-order valence-corrected chi connectivity index (χ2v) is 4.29. The third-order valence-electron chi connectivity index (χ3n) is 2.79. The van der Waals surface area contributed by atoms with E-state index < -0.39 is 0 Å². The first-order valence-corrected chi connectivity index (χ1v) is 6.20. The Balaban J connectivity index is 2.42. The molecule has 0 aliphatic rings. The van der Waals surface area contributed by atoms with E-state index in [4.69, 9.17) is 5.11 Å². The molecule has 0 aliphatic heterocycles. The van der Waals surface area contributed by atoms with Crippen LogP contribution in [0.4, 0.5) is 0 Å². The van der Waals surface area contributed by atoms with Gasteiger partial charge in [-0.1, -0.05) is 32.6 Å². The maximum absolute atomic E-state index is 11.8. The lowest BCUT2D eigenvalue weighted by atomic mass is 10.0. The molecule has 1 aromatic rings. The Hall–Kier alpha value is -1.51. The first-order valence-electron chi connectivity index (χ1n) is 6.20. The molecule has 0 aromatic heterocycles. The number of carbonyl (C=O) groups excluding carboxylic acids is 1. The second kappa shape index (κ2) is 6.94. The molecule has 0 amide bonds. The van der Waals surface area contributed by atoms with E-state index >= 15 is 0 Å². The van der Waals surface area contributed by atoms with Crippen molar-refractivity contribution in [1.29, 1.82) is 0 Å². The zero-order chi connectivity index (χ0) is 12.7. The van der Waals surface area contributed by atoms with Gasteiger partial charge in [0, 0.05) is 12.5 Å². The highest BCUT2D eigenvalue weighted by atomic mass is 16.3. The Labute approximate surface area is 102 Å². The van der Waals surface area contributed by atoms with Crippen LogP contribution in [0.2, 0.25) is 0 Å². The number of Topliss-reactive ketones (excluding diaryl/α,β-unsaturated/α-hetero) is 1. The van der Waals surface area contributed by atoms with Gasteiger partial charge in [0.1, 0.15) is 11.5 Å². The molecule has 0 fully saturated rings. The van der Waals surface area contributed by atoms with Gasteiger partial charge >= 0.3 is 0 Å². The number of hydrogen-bond donors (Lipinski definition) is 2. The van der Waals surface area contributed by atoms with Crippen molar-refractivity contribution in [1.82, 2.24) is 0 Å². The fraction of sp³-hybridized carbons (Fsp3) is 0.500. The van der Waals surface area contributed by atoms with E-state index in [-0.39, 0.29) is 17.3 Å². The van der Waals surface area contributed by atoms with Crippen molar-refractivity contribution in [3.63, 3.8) is 0 Å². The summed E-state index contributed by atoms with van der Waals surface area (Å²) < 4.78 is 0. The van der Waals surface area contributed by atoms with Gasteiger partial charge in [0.15, 0.2) is 5.78 Å². The SMILES string of the molecule is CCCCCCCC(=O)c1ccc(O)cc1O. The number of rotatable bonds is 7. The average Bonchev–Trinajstić information content (AvgIpc) is 2.28. The van der Waals surface area contributed by atoms with Crippen molar-refractivity contribution in [2.24, 2.45) is 0 Å². The zero-order valence-electron chi connectivity index (χ0n) is 10.3. The number of hydrogen-bond acceptors (Lipinski definition) is 3. The third kappa shape index (κ3) is 4.47. The van der Waals surface area contributed by atoms with Crippen LogP contribution in [0.25, 0.3) is 0 Å². The summed E-state index contributed by atoms with van der Waals surface area (Å²) in [5.74, 6) is -0.218. The van der Waals surface area contributed by atoms with E-state index in [0.717, 1.165) is 19.3 Å². The number of phenolic OH excluding ortho intramolecular Hbond substituents is 2. The van der Waals surface area contributed by atoms with Gasteiger partial charge in [-0.25, -0.2) is 0 Å². The highest BCUT2D eigenvalue weighted by molar-refractivity contribution is 5.98. The molecule has 0 saturated heterocycles. The first-order chi connectivity index (χ1) is 8.15. The summed E-state index contributed by atoms with van der Waals surface area (Å²) in [5, 5.41) is 18.6. The van der Waals surface area contributed by atoms with Crippen molar-refractivity contribution in [2.45, 2.75) is 45.4 Å². The first kappa shape index (κ1) is 13.6. The van der Waals surface area contributed by atoms with Crippen LogP contribution < -0.4 is 0 Å². The highest BCUT2D eigenvalue weighted by Crippen LogP contribution is 2.24. The summed E-state index contributed by atoms with van der Waals surface area (Å²) in [4.78, 5) is 11.8. The topological polar surface area (TPSA) is 57.5 Å². The Bertz CT molecular complexity index is 372. The van der Waals surface area contributed by atoms with Crippen LogP contribution in [-0.2, 0) is 0 Å². The Morgan fingerprint density at radius 2 is 1.82 bits per heavy atom. The molecule has 94 valence electrons. The van der Waals surface area contributed by atoms with Crippen LogP contribution in [0.5, 0.6) is 11.5 Å². The van der Waals surface area contributed by atoms with Gasteiger partial charge in [-0.2, -0.15) is 0 Å². The summed E-state index contributed by atoms with van der Waals surface area (Å²) in [6, 6.07) is 4.09. The minimum absolute atomic E-state index is 0.0259. The van der Waals surface area contributed by atoms with Gasteiger partial charge in [0.25, 0.3) is 0 Å². The minimum atomic E-state index is -0.136. The molecule has 0 atom stereocenters. The maximum Gasteiger partial charge on any atom is 0.166 e. The number of carbonyl (C=O) groups is 1. The van der Waals surface area contributed by atoms with E-state index in [2.05, 4.69) is 6.92 Å². The van der Waals surface area contributed by atoms with Gasteiger partial charge in [0.2, 0.25) is 0 Å². The minimum Gasteiger partial charge on any atom is -0.508 e. The van der Waals surface area contributed by atoms with Crippen molar-refractivity contribution < 1.29 is 15.0 Å². The molecule has 0 bridgehead atoms. The monoisotopic (exact) mass is 236 g/mol. The molecular formula is C14H20O3. The Morgan fingerprint density at radius 1 is 1.12 bits per heavy atom. The molecule has 0 radical (unpaired) electrons. The second-order valence-electron chi connectivity index (χ2n) is 4.29. The molecular weight excluding hydrogens is 216 g/mol. The van der Waals surface area contributed by atoms with E-state index in [1.165, 1.54) is 31.0 Å². The molecule has 3 heteroatoms. The molecule has 3 nitrogen and oxygen atoms in total. The van der Waals surface area contributed by atoms with E-state index in [0.29, 0.717) is 12.0 Å². The maximum atomic E-state index is 11.8.